The highest BCUT2D eigenvalue weighted by Crippen LogP contribution is 2.66. The molecule has 2 nitrogen and oxygen atoms in total. The maximum atomic E-state index is 6.88. The van der Waals surface area contributed by atoms with Crippen LogP contribution in [0.2, 0.25) is 0 Å². The average Bonchev–Trinajstić information content (AvgIpc) is 3.82. The number of para-hydroxylation sites is 3. The van der Waals surface area contributed by atoms with Gasteiger partial charge in [0, 0.05) is 22.3 Å². The molecule has 1 aromatic heterocycles. The second-order valence-corrected chi connectivity index (χ2v) is 13.6. The van der Waals surface area contributed by atoms with Crippen LogP contribution in [0.25, 0.3) is 55.3 Å². The predicted molar refractivity (Wildman–Crippen MR) is 210 cm³/mol. The van der Waals surface area contributed by atoms with E-state index in [0.717, 1.165) is 39.0 Å². The van der Waals surface area contributed by atoms with Crippen molar-refractivity contribution in [1.82, 2.24) is 0 Å². The summed E-state index contributed by atoms with van der Waals surface area (Å²) in [7, 11) is 0. The molecule has 0 aliphatic heterocycles. The van der Waals surface area contributed by atoms with Crippen molar-refractivity contribution >= 4 is 39.0 Å². The van der Waals surface area contributed by atoms with E-state index in [1.165, 1.54) is 55.6 Å². The first kappa shape index (κ1) is 28.2. The van der Waals surface area contributed by atoms with Gasteiger partial charge >= 0.3 is 0 Å². The van der Waals surface area contributed by atoms with Crippen LogP contribution in [0.4, 0.5) is 17.1 Å². The van der Waals surface area contributed by atoms with E-state index in [0.29, 0.717) is 0 Å². The molecule has 0 atom stereocenters. The lowest BCUT2D eigenvalue weighted by Gasteiger charge is -2.32. The fourth-order valence-corrected chi connectivity index (χ4v) is 9.06. The van der Waals surface area contributed by atoms with Gasteiger partial charge in [-0.15, -0.1) is 0 Å². The van der Waals surface area contributed by atoms with Gasteiger partial charge in [-0.1, -0.05) is 146 Å². The van der Waals surface area contributed by atoms with Crippen LogP contribution in [0, 0.1) is 0 Å². The molecule has 0 bridgehead atoms. The molecule has 0 fully saturated rings. The minimum absolute atomic E-state index is 0.552. The van der Waals surface area contributed by atoms with Gasteiger partial charge in [0.1, 0.15) is 11.2 Å². The molecule has 0 N–H and O–H groups in total. The van der Waals surface area contributed by atoms with Gasteiger partial charge < -0.3 is 9.32 Å². The summed E-state index contributed by atoms with van der Waals surface area (Å²) in [6.07, 6.45) is 0. The highest BCUT2D eigenvalue weighted by molar-refractivity contribution is 6.19. The monoisotopic (exact) mass is 649 g/mol. The van der Waals surface area contributed by atoms with Crippen LogP contribution >= 0.6 is 0 Å². The van der Waals surface area contributed by atoms with Crippen molar-refractivity contribution in [2.24, 2.45) is 0 Å². The largest absolute Gasteiger partial charge is 0.456 e. The van der Waals surface area contributed by atoms with Gasteiger partial charge in [0.05, 0.1) is 16.5 Å². The Morgan fingerprint density at radius 1 is 0.392 bits per heavy atom. The van der Waals surface area contributed by atoms with E-state index in [4.69, 9.17) is 4.42 Å². The molecule has 8 aromatic carbocycles. The van der Waals surface area contributed by atoms with Gasteiger partial charge in [0.15, 0.2) is 0 Å². The van der Waals surface area contributed by atoms with Gasteiger partial charge in [0.25, 0.3) is 0 Å². The molecule has 0 radical (unpaired) electrons. The molecule has 0 saturated heterocycles. The smallest absolute Gasteiger partial charge is 0.137 e. The SMILES string of the molecule is c1ccc(-c2ccc3c(c2)C2(c4ccccc4-c4ccccc42)c2cc4oc5ccccc5c4c(N(c4ccccc4)c4ccccc4)c2-3)cc1. The first-order valence-corrected chi connectivity index (χ1v) is 17.6. The molecule has 0 saturated carbocycles. The van der Waals surface area contributed by atoms with Gasteiger partial charge in [-0.05, 0) is 92.5 Å². The third kappa shape index (κ3) is 3.82. The summed E-state index contributed by atoms with van der Waals surface area (Å²) in [6, 6.07) is 68.3. The summed E-state index contributed by atoms with van der Waals surface area (Å²) in [4.78, 5) is 2.45. The molecule has 0 unspecified atom stereocenters. The second-order valence-electron chi connectivity index (χ2n) is 13.6. The van der Waals surface area contributed by atoms with Gasteiger partial charge in [-0.2, -0.15) is 0 Å². The molecule has 2 heteroatoms. The van der Waals surface area contributed by atoms with E-state index < -0.39 is 5.41 Å². The summed E-state index contributed by atoms with van der Waals surface area (Å²) in [5, 5.41) is 2.23. The topological polar surface area (TPSA) is 16.4 Å². The van der Waals surface area contributed by atoms with Crippen molar-refractivity contribution in [3.63, 3.8) is 0 Å². The molecule has 11 rings (SSSR count). The summed E-state index contributed by atoms with van der Waals surface area (Å²) in [5.74, 6) is 0. The standard InChI is InChI=1S/C49H31NO/c1-4-16-32(17-5-1)33-28-29-38-42(30-33)49(40-25-13-10-22-36(40)37-23-11-14-26-41(37)49)43-31-45-47(39-24-12-15-27-44(39)51-45)48(46(38)43)50(34-18-6-2-7-19-34)35-20-8-3-9-21-35/h1-31H. The van der Waals surface area contributed by atoms with Gasteiger partial charge in [0.2, 0.25) is 0 Å². The second kappa shape index (κ2) is 10.7. The number of rotatable bonds is 4. The Kier molecular flexibility index (Phi) is 5.91. The molecule has 1 heterocycles. The zero-order valence-electron chi connectivity index (χ0n) is 27.8. The lowest BCUT2D eigenvalue weighted by molar-refractivity contribution is 0.666. The van der Waals surface area contributed by atoms with E-state index in [-0.39, 0.29) is 0 Å². The number of hydrogen-bond acceptors (Lipinski definition) is 2. The maximum Gasteiger partial charge on any atom is 0.137 e. The Bertz CT molecular complexity index is 2710. The minimum atomic E-state index is -0.552. The Hall–Kier alpha value is -6.64. The van der Waals surface area contributed by atoms with Crippen molar-refractivity contribution < 1.29 is 4.42 Å². The highest BCUT2D eigenvalue weighted by Gasteiger charge is 2.53. The summed E-state index contributed by atoms with van der Waals surface area (Å²) >= 11 is 0. The van der Waals surface area contributed by atoms with Crippen LogP contribution in [0.1, 0.15) is 22.3 Å². The zero-order valence-corrected chi connectivity index (χ0v) is 27.8. The number of furan rings is 1. The van der Waals surface area contributed by atoms with E-state index in [9.17, 15) is 0 Å². The molecule has 2 aliphatic carbocycles. The third-order valence-electron chi connectivity index (χ3n) is 11.0. The van der Waals surface area contributed by atoms with Crippen molar-refractivity contribution in [2.75, 3.05) is 4.90 Å². The Morgan fingerprint density at radius 2 is 0.961 bits per heavy atom. The molecule has 238 valence electrons. The molecule has 1 spiro atoms. The van der Waals surface area contributed by atoms with Gasteiger partial charge in [-0.25, -0.2) is 0 Å². The minimum Gasteiger partial charge on any atom is -0.456 e. The summed E-state index contributed by atoms with van der Waals surface area (Å²) in [5.41, 5.74) is 17.2. The fourth-order valence-electron chi connectivity index (χ4n) is 9.06. The zero-order chi connectivity index (χ0) is 33.5. The van der Waals surface area contributed by atoms with Crippen LogP contribution in [0.5, 0.6) is 0 Å². The Balaban J connectivity index is 1.37. The normalized spacial score (nSPS) is 13.3. The Morgan fingerprint density at radius 3 is 1.63 bits per heavy atom. The van der Waals surface area contributed by atoms with Crippen molar-refractivity contribution in [1.29, 1.82) is 0 Å². The Labute approximate surface area is 296 Å². The number of fused-ring (bicyclic) bond motifs is 13. The van der Waals surface area contributed by atoms with Crippen molar-refractivity contribution in [3.8, 4) is 33.4 Å². The fraction of sp³-hybridized carbons (Fsp3) is 0.0204. The molecular formula is C49H31NO. The summed E-state index contributed by atoms with van der Waals surface area (Å²) < 4.78 is 6.88. The lowest BCUT2D eigenvalue weighted by atomic mass is 9.70. The van der Waals surface area contributed by atoms with Crippen LogP contribution in [-0.4, -0.2) is 0 Å². The van der Waals surface area contributed by atoms with Crippen molar-refractivity contribution in [3.05, 3.63) is 210 Å². The molecule has 2 aliphatic rings. The molecule has 0 amide bonds. The van der Waals surface area contributed by atoms with Gasteiger partial charge in [-0.3, -0.25) is 0 Å². The third-order valence-corrected chi connectivity index (χ3v) is 11.0. The van der Waals surface area contributed by atoms with E-state index in [2.05, 4.69) is 193 Å². The van der Waals surface area contributed by atoms with E-state index in [1.54, 1.807) is 0 Å². The van der Waals surface area contributed by atoms with Crippen LogP contribution in [0.15, 0.2) is 192 Å². The average molecular weight is 650 g/mol. The first-order valence-electron chi connectivity index (χ1n) is 17.6. The molecule has 9 aromatic rings. The first-order chi connectivity index (χ1) is 25.3. The number of nitrogens with zero attached hydrogens (tertiary/aromatic N) is 1. The maximum absolute atomic E-state index is 6.88. The number of hydrogen-bond donors (Lipinski definition) is 0. The summed E-state index contributed by atoms with van der Waals surface area (Å²) in [6.45, 7) is 0. The van der Waals surface area contributed by atoms with Crippen molar-refractivity contribution in [2.45, 2.75) is 5.41 Å². The van der Waals surface area contributed by atoms with E-state index >= 15 is 0 Å². The molecule has 51 heavy (non-hydrogen) atoms. The van der Waals surface area contributed by atoms with Crippen LogP contribution < -0.4 is 4.90 Å². The van der Waals surface area contributed by atoms with Crippen LogP contribution in [0.3, 0.4) is 0 Å². The van der Waals surface area contributed by atoms with Crippen LogP contribution in [-0.2, 0) is 5.41 Å². The molecular weight excluding hydrogens is 619 g/mol. The lowest BCUT2D eigenvalue weighted by Crippen LogP contribution is -2.26. The number of anilines is 3. The number of benzene rings is 8. The quantitative estimate of drug-likeness (QED) is 0.189. The van der Waals surface area contributed by atoms with E-state index in [1.807, 2.05) is 0 Å². The predicted octanol–water partition coefficient (Wildman–Crippen LogP) is 13.1. The highest BCUT2D eigenvalue weighted by atomic mass is 16.3.